The summed E-state index contributed by atoms with van der Waals surface area (Å²) in [6.07, 6.45) is 0. The first-order valence-electron chi connectivity index (χ1n) is 8.63. The van der Waals surface area contributed by atoms with Crippen molar-refractivity contribution in [3.8, 4) is 0 Å². The molecule has 0 aromatic heterocycles. The Morgan fingerprint density at radius 1 is 1.19 bits per heavy atom. The van der Waals surface area contributed by atoms with Crippen molar-refractivity contribution in [1.29, 1.82) is 0 Å². The molecule has 1 amide bonds. The summed E-state index contributed by atoms with van der Waals surface area (Å²) in [5.74, 6) is -0.523. The molecule has 1 N–H and O–H groups in total. The number of ether oxygens (including phenoxy) is 1. The van der Waals surface area contributed by atoms with E-state index in [0.29, 0.717) is 0 Å². The molecule has 0 atom stereocenters. The van der Waals surface area contributed by atoms with Gasteiger partial charge in [-0.15, -0.1) is 0 Å². The Bertz CT molecular complexity index is 837. The van der Waals surface area contributed by atoms with Gasteiger partial charge in [-0.2, -0.15) is 0 Å². The van der Waals surface area contributed by atoms with Gasteiger partial charge in [-0.25, -0.2) is 0 Å². The second kappa shape index (κ2) is 8.94. The average molecular weight is 390 g/mol. The molecule has 142 valence electrons. The lowest BCUT2D eigenvalue weighted by molar-refractivity contribution is -0.385. The largest absolute Gasteiger partial charge is 0.379 e. The van der Waals surface area contributed by atoms with E-state index in [-0.39, 0.29) is 22.8 Å². The Kier molecular flexibility index (Phi) is 6.39. The lowest BCUT2D eigenvalue weighted by atomic mass is 10.1. The number of carbonyl (C=O) groups is 1. The van der Waals surface area contributed by atoms with Crippen LogP contribution in [0.2, 0.25) is 5.02 Å². The second-order valence-corrected chi connectivity index (χ2v) is 6.69. The maximum absolute atomic E-state index is 12.5. The predicted molar refractivity (Wildman–Crippen MR) is 102 cm³/mol. The number of rotatable bonds is 6. The van der Waals surface area contributed by atoms with Gasteiger partial charge in [0.05, 0.1) is 18.1 Å². The van der Waals surface area contributed by atoms with Crippen molar-refractivity contribution in [3.05, 3.63) is 74.3 Å². The number of halogens is 1. The molecule has 0 aliphatic carbocycles. The number of amides is 1. The Hall–Kier alpha value is -2.48. The number of benzene rings is 2. The number of nitro groups is 1. The fourth-order valence-corrected chi connectivity index (χ4v) is 3.18. The zero-order chi connectivity index (χ0) is 19.2. The van der Waals surface area contributed by atoms with Crippen LogP contribution in [0, 0.1) is 10.1 Å². The molecule has 0 radical (unpaired) electrons. The van der Waals surface area contributed by atoms with Crippen LogP contribution in [0.15, 0.2) is 42.5 Å². The Balaban J connectivity index is 1.71. The van der Waals surface area contributed by atoms with E-state index < -0.39 is 10.8 Å². The van der Waals surface area contributed by atoms with Gasteiger partial charge in [-0.3, -0.25) is 19.8 Å². The quantitative estimate of drug-likeness (QED) is 0.606. The Labute approximate surface area is 162 Å². The fourth-order valence-electron chi connectivity index (χ4n) is 3.00. The summed E-state index contributed by atoms with van der Waals surface area (Å²) >= 11 is 5.90. The van der Waals surface area contributed by atoms with E-state index in [1.54, 1.807) is 0 Å². The van der Waals surface area contributed by atoms with Crippen LogP contribution in [0.25, 0.3) is 0 Å². The predicted octanol–water partition coefficient (Wildman–Crippen LogP) is 3.01. The van der Waals surface area contributed by atoms with E-state index in [1.165, 1.54) is 18.2 Å². The Morgan fingerprint density at radius 2 is 1.89 bits per heavy atom. The normalized spacial score (nSPS) is 14.7. The van der Waals surface area contributed by atoms with Gasteiger partial charge in [0, 0.05) is 37.3 Å². The third kappa shape index (κ3) is 5.03. The van der Waals surface area contributed by atoms with E-state index in [0.717, 1.165) is 44.0 Å². The topological polar surface area (TPSA) is 84.7 Å². The third-order valence-corrected chi connectivity index (χ3v) is 4.69. The van der Waals surface area contributed by atoms with Crippen LogP contribution in [0.3, 0.4) is 0 Å². The van der Waals surface area contributed by atoms with Crippen molar-refractivity contribution in [2.45, 2.75) is 13.1 Å². The molecule has 1 aliphatic heterocycles. The first-order chi connectivity index (χ1) is 13.0. The number of nitrogens with one attached hydrogen (secondary N) is 1. The van der Waals surface area contributed by atoms with E-state index in [1.807, 2.05) is 24.3 Å². The minimum absolute atomic E-state index is 0.0434. The van der Waals surface area contributed by atoms with Crippen LogP contribution < -0.4 is 5.32 Å². The highest BCUT2D eigenvalue weighted by Crippen LogP contribution is 2.23. The molecule has 0 bridgehead atoms. The third-order valence-electron chi connectivity index (χ3n) is 4.46. The molecule has 0 saturated carbocycles. The zero-order valence-corrected chi connectivity index (χ0v) is 15.4. The summed E-state index contributed by atoms with van der Waals surface area (Å²) in [5, 5.41) is 14.2. The smallest absolute Gasteiger partial charge is 0.282 e. The molecule has 3 rings (SSSR count). The van der Waals surface area contributed by atoms with E-state index in [9.17, 15) is 14.9 Å². The van der Waals surface area contributed by atoms with Gasteiger partial charge in [-0.05, 0) is 23.3 Å². The summed E-state index contributed by atoms with van der Waals surface area (Å²) in [5.41, 5.74) is 1.78. The molecular weight excluding hydrogens is 370 g/mol. The van der Waals surface area contributed by atoms with E-state index in [2.05, 4.69) is 10.2 Å². The van der Waals surface area contributed by atoms with Crippen LogP contribution in [0.1, 0.15) is 21.5 Å². The monoisotopic (exact) mass is 389 g/mol. The minimum Gasteiger partial charge on any atom is -0.379 e. The van der Waals surface area contributed by atoms with E-state index >= 15 is 0 Å². The molecular formula is C19H20ClN3O4. The molecule has 1 aliphatic rings. The van der Waals surface area contributed by atoms with Crippen LogP contribution in [0.5, 0.6) is 0 Å². The summed E-state index contributed by atoms with van der Waals surface area (Å²) in [7, 11) is 0. The second-order valence-electron chi connectivity index (χ2n) is 6.26. The molecule has 27 heavy (non-hydrogen) atoms. The van der Waals surface area contributed by atoms with Gasteiger partial charge in [0.1, 0.15) is 5.56 Å². The molecule has 1 saturated heterocycles. The summed E-state index contributed by atoms with van der Waals surface area (Å²) < 4.78 is 5.37. The van der Waals surface area contributed by atoms with Gasteiger partial charge in [0.15, 0.2) is 0 Å². The van der Waals surface area contributed by atoms with Crippen molar-refractivity contribution in [3.63, 3.8) is 0 Å². The van der Waals surface area contributed by atoms with Gasteiger partial charge >= 0.3 is 0 Å². The molecule has 8 heteroatoms. The molecule has 2 aromatic rings. The number of hydrogen-bond donors (Lipinski definition) is 1. The maximum Gasteiger partial charge on any atom is 0.282 e. The number of nitro benzene ring substituents is 1. The lowest BCUT2D eigenvalue weighted by Crippen LogP contribution is -2.36. The lowest BCUT2D eigenvalue weighted by Gasteiger charge is -2.27. The molecule has 0 unspecified atom stereocenters. The highest BCUT2D eigenvalue weighted by Gasteiger charge is 2.20. The SMILES string of the molecule is O=C(NCc1ccccc1CN1CCOCC1)c1cc(Cl)ccc1[N+](=O)[O-]. The first kappa shape index (κ1) is 19.3. The van der Waals surface area contributed by atoms with Crippen molar-refractivity contribution >= 4 is 23.2 Å². The summed E-state index contributed by atoms with van der Waals surface area (Å²) in [4.78, 5) is 25.4. The zero-order valence-electron chi connectivity index (χ0n) is 14.7. The fraction of sp³-hybridized carbons (Fsp3) is 0.316. The van der Waals surface area contributed by atoms with Crippen molar-refractivity contribution in [2.24, 2.45) is 0 Å². The minimum atomic E-state index is -0.586. The summed E-state index contributed by atoms with van der Waals surface area (Å²) in [6, 6.07) is 11.8. The van der Waals surface area contributed by atoms with Crippen molar-refractivity contribution < 1.29 is 14.5 Å². The standard InChI is InChI=1S/C19H20ClN3O4/c20-16-5-6-18(23(25)26)17(11-16)19(24)21-12-14-3-1-2-4-15(14)13-22-7-9-27-10-8-22/h1-6,11H,7-10,12-13H2,(H,21,24). The van der Waals surface area contributed by atoms with Gasteiger partial charge in [0.2, 0.25) is 0 Å². The first-order valence-corrected chi connectivity index (χ1v) is 9.01. The molecule has 0 spiro atoms. The van der Waals surface area contributed by atoms with Crippen LogP contribution in [-0.2, 0) is 17.8 Å². The number of nitrogens with zero attached hydrogens (tertiary/aromatic N) is 2. The molecule has 7 nitrogen and oxygen atoms in total. The highest BCUT2D eigenvalue weighted by atomic mass is 35.5. The van der Waals surface area contributed by atoms with Crippen molar-refractivity contribution in [1.82, 2.24) is 10.2 Å². The molecule has 1 heterocycles. The molecule has 2 aromatic carbocycles. The number of hydrogen-bond acceptors (Lipinski definition) is 5. The summed E-state index contributed by atoms with van der Waals surface area (Å²) in [6.45, 7) is 4.23. The average Bonchev–Trinajstić information content (AvgIpc) is 2.67. The molecule has 1 fully saturated rings. The Morgan fingerprint density at radius 3 is 2.59 bits per heavy atom. The van der Waals surface area contributed by atoms with Gasteiger partial charge in [0.25, 0.3) is 11.6 Å². The van der Waals surface area contributed by atoms with Crippen molar-refractivity contribution in [2.75, 3.05) is 26.3 Å². The number of carbonyl (C=O) groups excluding carboxylic acids is 1. The van der Waals surface area contributed by atoms with Crippen LogP contribution in [-0.4, -0.2) is 42.0 Å². The number of morpholine rings is 1. The van der Waals surface area contributed by atoms with Gasteiger partial charge in [-0.1, -0.05) is 35.9 Å². The van der Waals surface area contributed by atoms with Crippen LogP contribution >= 0.6 is 11.6 Å². The van der Waals surface area contributed by atoms with Gasteiger partial charge < -0.3 is 10.1 Å². The van der Waals surface area contributed by atoms with Crippen LogP contribution in [0.4, 0.5) is 5.69 Å². The highest BCUT2D eigenvalue weighted by molar-refractivity contribution is 6.31. The maximum atomic E-state index is 12.5. The van der Waals surface area contributed by atoms with E-state index in [4.69, 9.17) is 16.3 Å².